The van der Waals surface area contributed by atoms with Gasteiger partial charge in [-0.05, 0) is 43.2 Å². The average molecular weight is 285 g/mol. The Bertz CT molecular complexity index is 468. The van der Waals surface area contributed by atoms with E-state index in [0.717, 1.165) is 5.92 Å². The third-order valence-corrected chi connectivity index (χ3v) is 7.93. The maximum Gasteiger partial charge on any atom is 0.0535 e. The largest absolute Gasteiger partial charge is 0.122 e. The van der Waals surface area contributed by atoms with Gasteiger partial charge in [0.2, 0.25) is 0 Å². The van der Waals surface area contributed by atoms with Gasteiger partial charge in [-0.25, -0.2) is 0 Å². The maximum atomic E-state index is 6.62. The number of rotatable bonds is 2. The molecular weight excluding hydrogens is 271 g/mol. The second kappa shape index (κ2) is 3.37. The van der Waals surface area contributed by atoms with E-state index >= 15 is 0 Å². The zero-order valence-corrected chi connectivity index (χ0v) is 11.9. The summed E-state index contributed by atoms with van der Waals surface area (Å²) in [4.78, 5) is 1.35. The topological polar surface area (TPSA) is 0 Å². The van der Waals surface area contributed by atoms with Crippen LogP contribution in [0.2, 0.25) is 0 Å². The van der Waals surface area contributed by atoms with Crippen LogP contribution in [0.4, 0.5) is 0 Å². The Balaban J connectivity index is 1.64. The van der Waals surface area contributed by atoms with Crippen molar-refractivity contribution in [1.29, 1.82) is 0 Å². The van der Waals surface area contributed by atoms with Crippen LogP contribution in [0, 0.1) is 24.7 Å². The molecule has 4 aliphatic carbocycles. The molecule has 0 N–H and O–H groups in total. The van der Waals surface area contributed by atoms with Crippen molar-refractivity contribution in [1.82, 2.24) is 0 Å². The molecule has 0 nitrogen and oxygen atoms in total. The molecule has 4 saturated carbocycles. The highest BCUT2D eigenvalue weighted by molar-refractivity contribution is 8.01. The predicted octanol–water partition coefficient (Wildman–Crippen LogP) is 4.32. The average Bonchev–Trinajstić information content (AvgIpc) is 2.53. The van der Waals surface area contributed by atoms with Crippen molar-refractivity contribution in [2.45, 2.75) is 33.7 Å². The van der Waals surface area contributed by atoms with Crippen molar-refractivity contribution in [2.75, 3.05) is 0 Å². The molecule has 0 spiro atoms. The molecular formula is C14H14Cl2S. The summed E-state index contributed by atoms with van der Waals surface area (Å²) in [5.74, 6) is 2.01. The molecule has 3 unspecified atom stereocenters. The van der Waals surface area contributed by atoms with Gasteiger partial charge in [0, 0.05) is 15.0 Å². The summed E-state index contributed by atoms with van der Waals surface area (Å²) in [6.45, 7) is 2.12. The van der Waals surface area contributed by atoms with E-state index in [1.54, 1.807) is 0 Å². The standard InChI is InChI=1S/C14H14Cl2S/c1-7-2-4-8(5-3-7)17-14-10-6-9(13(14)16)12(15)11(10)14/h2-5,9-13H,6H2,1H3/t9-,10+,11?,12?,13-,14?/m0/s1. The fraction of sp³-hybridized carbons (Fsp3) is 0.571. The summed E-state index contributed by atoms with van der Waals surface area (Å²) in [7, 11) is 0. The Morgan fingerprint density at radius 1 is 1.24 bits per heavy atom. The van der Waals surface area contributed by atoms with Crippen LogP contribution in [0.15, 0.2) is 29.2 Å². The zero-order chi connectivity index (χ0) is 11.8. The van der Waals surface area contributed by atoms with E-state index in [9.17, 15) is 0 Å². The molecule has 0 aromatic heterocycles. The smallest absolute Gasteiger partial charge is 0.0535 e. The molecule has 6 atom stereocenters. The summed E-state index contributed by atoms with van der Waals surface area (Å²) < 4.78 is 0.272. The SMILES string of the molecule is Cc1ccc(SC23C4C(Cl)[C@H](C[C@H]42)[C@@H]3Cl)cc1. The van der Waals surface area contributed by atoms with Crippen LogP contribution in [0.3, 0.4) is 0 Å². The van der Waals surface area contributed by atoms with Crippen LogP contribution in [0.1, 0.15) is 12.0 Å². The molecule has 0 radical (unpaired) electrons. The molecule has 0 heterocycles. The van der Waals surface area contributed by atoms with Crippen molar-refractivity contribution in [2.24, 2.45) is 17.8 Å². The number of hydrogen-bond donors (Lipinski definition) is 0. The summed E-state index contributed by atoms with van der Waals surface area (Å²) in [5.41, 5.74) is 1.31. The lowest BCUT2D eigenvalue weighted by atomic mass is 10.1. The van der Waals surface area contributed by atoms with E-state index < -0.39 is 0 Å². The van der Waals surface area contributed by atoms with Crippen molar-refractivity contribution < 1.29 is 0 Å². The highest BCUT2D eigenvalue weighted by Crippen LogP contribution is 2.81. The first-order valence-electron chi connectivity index (χ1n) is 6.18. The number of alkyl halides is 2. The van der Waals surface area contributed by atoms with Crippen molar-refractivity contribution in [3.8, 4) is 0 Å². The molecule has 0 saturated heterocycles. The Kier molecular flexibility index (Phi) is 2.19. The molecule has 0 aliphatic heterocycles. The molecule has 1 aromatic carbocycles. The Labute approximate surface area is 116 Å². The summed E-state index contributed by atoms with van der Waals surface area (Å²) in [6.07, 6.45) is 1.26. The molecule has 90 valence electrons. The summed E-state index contributed by atoms with van der Waals surface area (Å²) in [6, 6.07) is 8.79. The monoisotopic (exact) mass is 284 g/mol. The molecule has 3 heteroatoms. The van der Waals surface area contributed by atoms with Gasteiger partial charge in [0.1, 0.15) is 0 Å². The van der Waals surface area contributed by atoms with Crippen LogP contribution in [0.25, 0.3) is 0 Å². The van der Waals surface area contributed by atoms with Crippen LogP contribution in [-0.2, 0) is 0 Å². The van der Waals surface area contributed by atoms with Gasteiger partial charge in [0.15, 0.2) is 0 Å². The highest BCUT2D eigenvalue weighted by Gasteiger charge is 2.83. The van der Waals surface area contributed by atoms with E-state index in [1.807, 2.05) is 11.8 Å². The molecule has 1 aromatic rings. The molecule has 4 bridgehead atoms. The molecule has 0 amide bonds. The van der Waals surface area contributed by atoms with E-state index in [0.29, 0.717) is 17.2 Å². The van der Waals surface area contributed by atoms with Gasteiger partial charge in [-0.2, -0.15) is 0 Å². The van der Waals surface area contributed by atoms with Gasteiger partial charge in [0.05, 0.1) is 5.38 Å². The van der Waals surface area contributed by atoms with Gasteiger partial charge in [-0.15, -0.1) is 35.0 Å². The van der Waals surface area contributed by atoms with E-state index in [-0.39, 0.29) is 10.1 Å². The predicted molar refractivity (Wildman–Crippen MR) is 74.1 cm³/mol. The Morgan fingerprint density at radius 3 is 2.41 bits per heavy atom. The normalized spacial score (nSPS) is 49.7. The zero-order valence-electron chi connectivity index (χ0n) is 9.57. The second-order valence-electron chi connectivity index (χ2n) is 5.65. The fourth-order valence-electron chi connectivity index (χ4n) is 3.99. The Hall–Kier alpha value is 0.150. The lowest BCUT2D eigenvalue weighted by molar-refractivity contribution is 0.617. The fourth-order valence-corrected chi connectivity index (χ4v) is 7.21. The highest BCUT2D eigenvalue weighted by atomic mass is 35.5. The molecule has 4 fully saturated rings. The minimum Gasteiger partial charge on any atom is -0.122 e. The number of halogens is 2. The first-order valence-corrected chi connectivity index (χ1v) is 7.87. The maximum absolute atomic E-state index is 6.62. The number of benzene rings is 1. The Morgan fingerprint density at radius 2 is 1.94 bits per heavy atom. The van der Waals surface area contributed by atoms with Gasteiger partial charge in [-0.3, -0.25) is 0 Å². The van der Waals surface area contributed by atoms with E-state index in [2.05, 4.69) is 31.2 Å². The van der Waals surface area contributed by atoms with E-state index in [4.69, 9.17) is 23.2 Å². The van der Waals surface area contributed by atoms with Crippen LogP contribution < -0.4 is 0 Å². The number of aryl methyl sites for hydroxylation is 1. The molecule has 5 rings (SSSR count). The first kappa shape index (κ1) is 11.0. The third-order valence-electron chi connectivity index (χ3n) is 4.83. The minimum atomic E-state index is 0.272. The number of hydrogen-bond acceptors (Lipinski definition) is 1. The van der Waals surface area contributed by atoms with Crippen molar-refractivity contribution in [3.63, 3.8) is 0 Å². The van der Waals surface area contributed by atoms with Gasteiger partial charge < -0.3 is 0 Å². The van der Waals surface area contributed by atoms with Crippen LogP contribution >= 0.6 is 35.0 Å². The quantitative estimate of drug-likeness (QED) is 0.729. The second-order valence-corrected chi connectivity index (χ2v) is 8.00. The van der Waals surface area contributed by atoms with Crippen molar-refractivity contribution >= 4 is 35.0 Å². The number of thioether (sulfide) groups is 1. The lowest BCUT2D eigenvalue weighted by Gasteiger charge is -2.16. The minimum absolute atomic E-state index is 0.272. The van der Waals surface area contributed by atoms with Crippen LogP contribution in [0.5, 0.6) is 0 Å². The van der Waals surface area contributed by atoms with Gasteiger partial charge >= 0.3 is 0 Å². The van der Waals surface area contributed by atoms with Gasteiger partial charge in [-0.1, -0.05) is 17.7 Å². The first-order chi connectivity index (χ1) is 8.14. The van der Waals surface area contributed by atoms with Gasteiger partial charge in [0.25, 0.3) is 0 Å². The van der Waals surface area contributed by atoms with Crippen LogP contribution in [-0.4, -0.2) is 15.5 Å². The van der Waals surface area contributed by atoms with Crippen molar-refractivity contribution in [3.05, 3.63) is 29.8 Å². The van der Waals surface area contributed by atoms with E-state index in [1.165, 1.54) is 16.9 Å². The summed E-state index contributed by atoms with van der Waals surface area (Å²) >= 11 is 15.1. The molecule has 4 aliphatic rings. The lowest BCUT2D eigenvalue weighted by Crippen LogP contribution is -2.18. The summed E-state index contributed by atoms with van der Waals surface area (Å²) in [5, 5.41) is 0.617. The third kappa shape index (κ3) is 1.24. The molecule has 17 heavy (non-hydrogen) atoms.